The van der Waals surface area contributed by atoms with Crippen LogP contribution in [0.25, 0.3) is 28.2 Å². The summed E-state index contributed by atoms with van der Waals surface area (Å²) in [6.07, 6.45) is -3.32. The first-order valence-corrected chi connectivity index (χ1v) is 12.1. The summed E-state index contributed by atoms with van der Waals surface area (Å²) in [5.41, 5.74) is 4.28. The van der Waals surface area contributed by atoms with E-state index in [1.54, 1.807) is 54.6 Å². The van der Waals surface area contributed by atoms with Crippen molar-refractivity contribution in [1.29, 1.82) is 0 Å². The first kappa shape index (κ1) is 26.4. The SMILES string of the molecule is CC(=O)c1ccccc1-c1cccc(C(=O)Nc2ccc(-c3ncn(-c4ccc(OC(F)(F)F)cc4)n3)cc2)c1. The Bertz CT molecular complexity index is 1680. The van der Waals surface area contributed by atoms with E-state index in [4.69, 9.17) is 0 Å². The number of carbonyl (C=O) groups excluding carboxylic acids is 2. The van der Waals surface area contributed by atoms with Crippen molar-refractivity contribution in [3.63, 3.8) is 0 Å². The molecule has 5 rings (SSSR count). The van der Waals surface area contributed by atoms with Gasteiger partial charge >= 0.3 is 6.36 Å². The molecule has 0 saturated carbocycles. The average molecular weight is 543 g/mol. The van der Waals surface area contributed by atoms with Crippen LogP contribution in [-0.2, 0) is 0 Å². The quantitative estimate of drug-likeness (QED) is 0.225. The third kappa shape index (κ3) is 6.07. The lowest BCUT2D eigenvalue weighted by Crippen LogP contribution is -2.17. The Morgan fingerprint density at radius 3 is 2.27 bits per heavy atom. The van der Waals surface area contributed by atoms with Crippen LogP contribution in [0, 0.1) is 0 Å². The zero-order chi connectivity index (χ0) is 28.3. The normalized spacial score (nSPS) is 11.2. The smallest absolute Gasteiger partial charge is 0.406 e. The number of hydrogen-bond donors (Lipinski definition) is 1. The van der Waals surface area contributed by atoms with Crippen molar-refractivity contribution in [2.45, 2.75) is 13.3 Å². The van der Waals surface area contributed by atoms with E-state index in [1.807, 2.05) is 18.2 Å². The number of hydrogen-bond acceptors (Lipinski definition) is 5. The van der Waals surface area contributed by atoms with Crippen LogP contribution in [-0.4, -0.2) is 32.8 Å². The van der Waals surface area contributed by atoms with Gasteiger partial charge in [0.15, 0.2) is 11.6 Å². The summed E-state index contributed by atoms with van der Waals surface area (Å²) in [7, 11) is 0. The number of nitrogens with one attached hydrogen (secondary N) is 1. The molecule has 0 atom stereocenters. The van der Waals surface area contributed by atoms with Crippen molar-refractivity contribution >= 4 is 17.4 Å². The number of halogens is 3. The summed E-state index contributed by atoms with van der Waals surface area (Å²) in [4.78, 5) is 29.3. The van der Waals surface area contributed by atoms with Gasteiger partial charge in [-0.3, -0.25) is 9.59 Å². The Kier molecular flexibility index (Phi) is 7.15. The Hall–Kier alpha value is -5.25. The van der Waals surface area contributed by atoms with Crippen molar-refractivity contribution in [2.75, 3.05) is 5.32 Å². The molecule has 200 valence electrons. The molecule has 1 N–H and O–H groups in total. The number of ether oxygens (including phenoxy) is 1. The number of anilines is 1. The molecule has 0 aliphatic rings. The van der Waals surface area contributed by atoms with Crippen LogP contribution in [0.2, 0.25) is 0 Å². The summed E-state index contributed by atoms with van der Waals surface area (Å²) in [6.45, 7) is 1.51. The van der Waals surface area contributed by atoms with Gasteiger partial charge in [0.2, 0.25) is 0 Å². The monoisotopic (exact) mass is 542 g/mol. The van der Waals surface area contributed by atoms with Crippen molar-refractivity contribution < 1.29 is 27.5 Å². The van der Waals surface area contributed by atoms with Gasteiger partial charge in [-0.05, 0) is 78.7 Å². The van der Waals surface area contributed by atoms with E-state index in [9.17, 15) is 22.8 Å². The van der Waals surface area contributed by atoms with Gasteiger partial charge in [0.25, 0.3) is 5.91 Å². The van der Waals surface area contributed by atoms with Crippen LogP contribution in [0.5, 0.6) is 5.75 Å². The van der Waals surface area contributed by atoms with Crippen molar-refractivity contribution in [3.05, 3.63) is 115 Å². The van der Waals surface area contributed by atoms with Gasteiger partial charge in [-0.1, -0.05) is 36.4 Å². The lowest BCUT2D eigenvalue weighted by Gasteiger charge is -2.10. The highest BCUT2D eigenvalue weighted by atomic mass is 19.4. The fourth-order valence-electron chi connectivity index (χ4n) is 4.10. The second kappa shape index (κ2) is 10.9. The van der Waals surface area contributed by atoms with E-state index < -0.39 is 6.36 Å². The van der Waals surface area contributed by atoms with Gasteiger partial charge < -0.3 is 10.1 Å². The number of aromatic nitrogens is 3. The maximum Gasteiger partial charge on any atom is 0.573 e. The van der Waals surface area contributed by atoms with Crippen LogP contribution in [0.3, 0.4) is 0 Å². The standard InChI is InChI=1S/C30H21F3N4O3/c1-19(38)26-7-2-3-8-27(26)21-5-4-6-22(17-21)29(39)35-23-11-9-20(10-12-23)28-34-18-37(36-28)24-13-15-25(16-14-24)40-30(31,32)33/h2-18H,1H3,(H,35,39). The molecule has 0 bridgehead atoms. The molecule has 1 amide bonds. The van der Waals surface area contributed by atoms with E-state index in [1.165, 1.54) is 42.2 Å². The molecule has 0 unspecified atom stereocenters. The largest absolute Gasteiger partial charge is 0.573 e. The van der Waals surface area contributed by atoms with Crippen molar-refractivity contribution in [2.24, 2.45) is 0 Å². The number of carbonyl (C=O) groups is 2. The highest BCUT2D eigenvalue weighted by molar-refractivity contribution is 6.06. The first-order valence-electron chi connectivity index (χ1n) is 12.1. The number of benzene rings is 4. The number of ketones is 1. The minimum atomic E-state index is -4.76. The summed E-state index contributed by atoms with van der Waals surface area (Å²) >= 11 is 0. The van der Waals surface area contributed by atoms with Crippen LogP contribution in [0.4, 0.5) is 18.9 Å². The Morgan fingerprint density at radius 2 is 1.57 bits per heavy atom. The van der Waals surface area contributed by atoms with E-state index in [2.05, 4.69) is 20.1 Å². The highest BCUT2D eigenvalue weighted by Crippen LogP contribution is 2.27. The summed E-state index contributed by atoms with van der Waals surface area (Å²) in [5.74, 6) is -0.305. The molecule has 5 aromatic rings. The van der Waals surface area contributed by atoms with Gasteiger partial charge in [0.1, 0.15) is 12.1 Å². The minimum Gasteiger partial charge on any atom is -0.406 e. The fourth-order valence-corrected chi connectivity index (χ4v) is 4.10. The third-order valence-electron chi connectivity index (χ3n) is 5.97. The minimum absolute atomic E-state index is 0.0571. The predicted octanol–water partition coefficient (Wildman–Crippen LogP) is 6.95. The van der Waals surface area contributed by atoms with Gasteiger partial charge in [-0.25, -0.2) is 9.67 Å². The van der Waals surface area contributed by atoms with Gasteiger partial charge in [-0.2, -0.15) is 0 Å². The average Bonchev–Trinajstić information content (AvgIpc) is 3.43. The van der Waals surface area contributed by atoms with Gasteiger partial charge in [-0.15, -0.1) is 18.3 Å². The first-order chi connectivity index (χ1) is 19.2. The number of alkyl halides is 3. The van der Waals surface area contributed by atoms with E-state index in [0.717, 1.165) is 11.1 Å². The number of nitrogens with zero attached hydrogens (tertiary/aromatic N) is 3. The summed E-state index contributed by atoms with van der Waals surface area (Å²) < 4.78 is 42.4. The lowest BCUT2D eigenvalue weighted by atomic mass is 9.96. The molecule has 10 heteroatoms. The summed E-state index contributed by atoms with van der Waals surface area (Å²) in [5, 5.41) is 7.24. The molecule has 40 heavy (non-hydrogen) atoms. The van der Waals surface area contributed by atoms with Crippen molar-refractivity contribution in [3.8, 4) is 34.0 Å². The molecule has 4 aromatic carbocycles. The van der Waals surface area contributed by atoms with E-state index in [0.29, 0.717) is 33.9 Å². The van der Waals surface area contributed by atoms with Crippen LogP contribution >= 0.6 is 0 Å². The van der Waals surface area contributed by atoms with Crippen molar-refractivity contribution in [1.82, 2.24) is 14.8 Å². The molecular formula is C30H21F3N4O3. The fraction of sp³-hybridized carbons (Fsp3) is 0.0667. The number of rotatable bonds is 7. The Morgan fingerprint density at radius 1 is 0.850 bits per heavy atom. The summed E-state index contributed by atoms with van der Waals surface area (Å²) in [6, 6.07) is 26.5. The molecule has 1 aromatic heterocycles. The molecule has 0 saturated heterocycles. The molecular weight excluding hydrogens is 521 g/mol. The Labute approximate surface area is 226 Å². The molecule has 7 nitrogen and oxygen atoms in total. The molecule has 0 aliphatic carbocycles. The van der Waals surface area contributed by atoms with Gasteiger partial charge in [0.05, 0.1) is 5.69 Å². The maximum absolute atomic E-state index is 13.0. The second-order valence-electron chi connectivity index (χ2n) is 8.77. The van der Waals surface area contributed by atoms with Crippen LogP contribution < -0.4 is 10.1 Å². The highest BCUT2D eigenvalue weighted by Gasteiger charge is 2.31. The van der Waals surface area contributed by atoms with E-state index >= 15 is 0 Å². The van der Waals surface area contributed by atoms with Crippen LogP contribution in [0.1, 0.15) is 27.6 Å². The van der Waals surface area contributed by atoms with Crippen LogP contribution in [0.15, 0.2) is 103 Å². The second-order valence-corrected chi connectivity index (χ2v) is 8.77. The van der Waals surface area contributed by atoms with Gasteiger partial charge in [0, 0.05) is 22.4 Å². The zero-order valence-corrected chi connectivity index (χ0v) is 21.0. The lowest BCUT2D eigenvalue weighted by molar-refractivity contribution is -0.274. The van der Waals surface area contributed by atoms with E-state index in [-0.39, 0.29) is 17.4 Å². The Balaban J connectivity index is 1.27. The molecule has 0 fully saturated rings. The molecule has 0 aliphatic heterocycles. The molecule has 1 heterocycles. The molecule has 0 radical (unpaired) electrons. The molecule has 0 spiro atoms. The number of Topliss-reactive ketones (excluding diaryl/α,β-unsaturated/α-hetero) is 1. The topological polar surface area (TPSA) is 86.1 Å². The maximum atomic E-state index is 13.0. The predicted molar refractivity (Wildman–Crippen MR) is 143 cm³/mol. The zero-order valence-electron chi connectivity index (χ0n) is 21.0. The number of amides is 1. The third-order valence-corrected chi connectivity index (χ3v) is 5.97.